The molecule has 4 heteroatoms. The SMILES string of the molecule is O=c1cccc(-c2cc3cccc(F)c3o2)[nH]1. The number of benzene rings is 1. The van der Waals surface area contributed by atoms with Crippen molar-refractivity contribution in [3.05, 3.63) is 58.6 Å². The number of nitrogens with one attached hydrogen (secondary N) is 1. The van der Waals surface area contributed by atoms with Crippen molar-refractivity contribution in [2.75, 3.05) is 0 Å². The van der Waals surface area contributed by atoms with Crippen LogP contribution in [0.2, 0.25) is 0 Å². The fourth-order valence-corrected chi connectivity index (χ4v) is 1.75. The lowest BCUT2D eigenvalue weighted by molar-refractivity contribution is 0.567. The van der Waals surface area contributed by atoms with E-state index < -0.39 is 5.82 Å². The van der Waals surface area contributed by atoms with Gasteiger partial charge in [0.05, 0.1) is 5.69 Å². The fourth-order valence-electron chi connectivity index (χ4n) is 1.75. The van der Waals surface area contributed by atoms with Crippen LogP contribution in [0.1, 0.15) is 0 Å². The van der Waals surface area contributed by atoms with Crippen molar-refractivity contribution in [3.8, 4) is 11.5 Å². The van der Waals surface area contributed by atoms with E-state index in [2.05, 4.69) is 4.98 Å². The molecule has 0 radical (unpaired) electrons. The summed E-state index contributed by atoms with van der Waals surface area (Å²) >= 11 is 0. The van der Waals surface area contributed by atoms with Gasteiger partial charge in [-0.1, -0.05) is 18.2 Å². The number of H-pyrrole nitrogens is 1. The summed E-state index contributed by atoms with van der Waals surface area (Å²) in [6.07, 6.45) is 0. The van der Waals surface area contributed by atoms with Gasteiger partial charge in [0.25, 0.3) is 0 Å². The van der Waals surface area contributed by atoms with Gasteiger partial charge in [-0.15, -0.1) is 0 Å². The molecule has 0 spiro atoms. The standard InChI is InChI=1S/C13H8FNO2/c14-9-4-1-3-8-7-11(17-13(8)9)10-5-2-6-12(16)15-10/h1-7H,(H,15,16). The summed E-state index contributed by atoms with van der Waals surface area (Å²) in [4.78, 5) is 13.8. The minimum absolute atomic E-state index is 0.201. The molecule has 0 unspecified atom stereocenters. The van der Waals surface area contributed by atoms with Crippen LogP contribution in [0.25, 0.3) is 22.4 Å². The lowest BCUT2D eigenvalue weighted by Crippen LogP contribution is -2.02. The number of hydrogen-bond donors (Lipinski definition) is 1. The summed E-state index contributed by atoms with van der Waals surface area (Å²) in [6.45, 7) is 0. The van der Waals surface area contributed by atoms with Crippen LogP contribution < -0.4 is 5.56 Å². The summed E-state index contributed by atoms with van der Waals surface area (Å²) in [5, 5.41) is 0.671. The highest BCUT2D eigenvalue weighted by molar-refractivity contribution is 5.82. The molecular weight excluding hydrogens is 221 g/mol. The molecule has 1 N–H and O–H groups in total. The van der Waals surface area contributed by atoms with Crippen molar-refractivity contribution in [2.24, 2.45) is 0 Å². The average molecular weight is 229 g/mol. The number of furan rings is 1. The first kappa shape index (κ1) is 9.84. The van der Waals surface area contributed by atoms with E-state index in [4.69, 9.17) is 4.42 Å². The van der Waals surface area contributed by atoms with Gasteiger partial charge in [0.15, 0.2) is 17.2 Å². The van der Waals surface area contributed by atoms with E-state index in [0.29, 0.717) is 16.8 Å². The molecule has 2 heterocycles. The molecule has 0 saturated carbocycles. The molecule has 3 rings (SSSR count). The Bertz CT molecular complexity index is 742. The van der Waals surface area contributed by atoms with Crippen LogP contribution in [0.4, 0.5) is 4.39 Å². The quantitative estimate of drug-likeness (QED) is 0.697. The largest absolute Gasteiger partial charge is 0.451 e. The Labute approximate surface area is 95.5 Å². The van der Waals surface area contributed by atoms with E-state index in [-0.39, 0.29) is 11.1 Å². The minimum atomic E-state index is -0.410. The molecule has 0 fully saturated rings. The summed E-state index contributed by atoms with van der Waals surface area (Å²) in [6, 6.07) is 11.1. The number of hydrogen-bond acceptors (Lipinski definition) is 2. The first-order valence-electron chi connectivity index (χ1n) is 5.12. The van der Waals surface area contributed by atoms with Gasteiger partial charge < -0.3 is 9.40 Å². The number of pyridine rings is 1. The first-order valence-corrected chi connectivity index (χ1v) is 5.12. The third-order valence-electron chi connectivity index (χ3n) is 2.53. The van der Waals surface area contributed by atoms with Crippen LogP contribution in [-0.2, 0) is 0 Å². The molecule has 0 aliphatic heterocycles. The monoisotopic (exact) mass is 229 g/mol. The number of aromatic amines is 1. The maximum Gasteiger partial charge on any atom is 0.248 e. The van der Waals surface area contributed by atoms with Crippen LogP contribution >= 0.6 is 0 Å². The summed E-state index contributed by atoms with van der Waals surface area (Å²) in [7, 11) is 0. The zero-order chi connectivity index (χ0) is 11.8. The Morgan fingerprint density at radius 1 is 1.12 bits per heavy atom. The molecular formula is C13H8FNO2. The van der Waals surface area contributed by atoms with E-state index in [1.54, 1.807) is 30.3 Å². The lowest BCUT2D eigenvalue weighted by atomic mass is 10.2. The number of para-hydroxylation sites is 1. The second kappa shape index (κ2) is 3.59. The van der Waals surface area contributed by atoms with Crippen LogP contribution in [-0.4, -0.2) is 4.98 Å². The van der Waals surface area contributed by atoms with Crippen molar-refractivity contribution >= 4 is 11.0 Å². The van der Waals surface area contributed by atoms with Crippen molar-refractivity contribution in [3.63, 3.8) is 0 Å². The minimum Gasteiger partial charge on any atom is -0.451 e. The third-order valence-corrected chi connectivity index (χ3v) is 2.53. The van der Waals surface area contributed by atoms with Crippen molar-refractivity contribution in [2.45, 2.75) is 0 Å². The smallest absolute Gasteiger partial charge is 0.248 e. The number of aromatic nitrogens is 1. The molecule has 1 aromatic carbocycles. The second-order valence-corrected chi connectivity index (χ2v) is 3.70. The van der Waals surface area contributed by atoms with Gasteiger partial charge in [-0.2, -0.15) is 0 Å². The van der Waals surface area contributed by atoms with Crippen LogP contribution in [0.5, 0.6) is 0 Å². The predicted molar refractivity (Wildman–Crippen MR) is 62.2 cm³/mol. The molecule has 0 saturated heterocycles. The van der Waals surface area contributed by atoms with Crippen LogP contribution in [0.15, 0.2) is 51.7 Å². The Hall–Kier alpha value is -2.36. The molecule has 2 aromatic heterocycles. The summed E-state index contributed by atoms with van der Waals surface area (Å²) in [5.41, 5.74) is 0.517. The highest BCUT2D eigenvalue weighted by Gasteiger charge is 2.09. The number of halogens is 1. The van der Waals surface area contributed by atoms with E-state index >= 15 is 0 Å². The summed E-state index contributed by atoms with van der Waals surface area (Å²) < 4.78 is 18.8. The maximum absolute atomic E-state index is 13.4. The maximum atomic E-state index is 13.4. The molecule has 0 atom stereocenters. The van der Waals surface area contributed by atoms with E-state index in [1.807, 2.05) is 0 Å². The normalized spacial score (nSPS) is 10.9. The van der Waals surface area contributed by atoms with E-state index in [1.165, 1.54) is 12.1 Å². The van der Waals surface area contributed by atoms with Gasteiger partial charge in [-0.25, -0.2) is 4.39 Å². The average Bonchev–Trinajstić information content (AvgIpc) is 2.74. The number of rotatable bonds is 1. The van der Waals surface area contributed by atoms with E-state index in [0.717, 1.165) is 0 Å². The molecule has 0 amide bonds. The topological polar surface area (TPSA) is 46.0 Å². The molecule has 84 valence electrons. The van der Waals surface area contributed by atoms with Crippen molar-refractivity contribution in [1.82, 2.24) is 4.98 Å². The zero-order valence-corrected chi connectivity index (χ0v) is 8.74. The molecule has 0 aliphatic rings. The van der Waals surface area contributed by atoms with Gasteiger partial charge in [0.1, 0.15) is 0 Å². The molecule has 3 nitrogen and oxygen atoms in total. The lowest BCUT2D eigenvalue weighted by Gasteiger charge is -1.94. The highest BCUT2D eigenvalue weighted by atomic mass is 19.1. The molecule has 0 aliphatic carbocycles. The number of fused-ring (bicyclic) bond motifs is 1. The predicted octanol–water partition coefficient (Wildman–Crippen LogP) is 2.93. The third kappa shape index (κ3) is 1.63. The van der Waals surface area contributed by atoms with Crippen LogP contribution in [0.3, 0.4) is 0 Å². The molecule has 0 bridgehead atoms. The Balaban J connectivity index is 2.25. The Morgan fingerprint density at radius 2 is 1.94 bits per heavy atom. The fraction of sp³-hybridized carbons (Fsp3) is 0. The first-order chi connectivity index (χ1) is 8.24. The van der Waals surface area contributed by atoms with Crippen LogP contribution in [0, 0.1) is 5.82 Å². The molecule has 3 aromatic rings. The zero-order valence-electron chi connectivity index (χ0n) is 8.74. The van der Waals surface area contributed by atoms with Gasteiger partial charge >= 0.3 is 0 Å². The van der Waals surface area contributed by atoms with E-state index in [9.17, 15) is 9.18 Å². The van der Waals surface area contributed by atoms with Gasteiger partial charge in [0.2, 0.25) is 5.56 Å². The van der Waals surface area contributed by atoms with Crippen molar-refractivity contribution in [1.29, 1.82) is 0 Å². The van der Waals surface area contributed by atoms with Gasteiger partial charge in [-0.05, 0) is 18.2 Å². The second-order valence-electron chi connectivity index (χ2n) is 3.70. The molecule has 17 heavy (non-hydrogen) atoms. The highest BCUT2D eigenvalue weighted by Crippen LogP contribution is 2.27. The van der Waals surface area contributed by atoms with Gasteiger partial charge in [-0.3, -0.25) is 4.79 Å². The van der Waals surface area contributed by atoms with Gasteiger partial charge in [0, 0.05) is 11.5 Å². The van der Waals surface area contributed by atoms with Crippen molar-refractivity contribution < 1.29 is 8.81 Å². The Morgan fingerprint density at radius 3 is 2.71 bits per heavy atom. The Kier molecular flexibility index (Phi) is 2.08. The summed E-state index contributed by atoms with van der Waals surface area (Å²) in [5.74, 6) is 0.0369.